The van der Waals surface area contributed by atoms with Crippen LogP contribution in [0, 0.1) is 0 Å². The molecule has 0 aliphatic heterocycles. The molecule has 3 N–H and O–H groups in total. The van der Waals surface area contributed by atoms with Crippen molar-refractivity contribution in [3.63, 3.8) is 0 Å². The number of rotatable bonds is 1. The summed E-state index contributed by atoms with van der Waals surface area (Å²) in [6, 6.07) is 5.68. The summed E-state index contributed by atoms with van der Waals surface area (Å²) in [5, 5.41) is 9.82. The Bertz CT molecular complexity index is 316. The first-order chi connectivity index (χ1) is 6.79. The van der Waals surface area contributed by atoms with Crippen molar-refractivity contribution in [2.24, 2.45) is 0 Å². The SMILES string of the molecule is Nc1cccc(C2CCCCC2)c1O. The van der Waals surface area contributed by atoms with Crippen molar-refractivity contribution >= 4 is 5.69 Å². The van der Waals surface area contributed by atoms with Crippen molar-refractivity contribution in [1.29, 1.82) is 0 Å². The number of phenolic OH excluding ortho intramolecular Hbond substituents is 1. The highest BCUT2D eigenvalue weighted by Crippen LogP contribution is 2.38. The van der Waals surface area contributed by atoms with Crippen LogP contribution in [0.5, 0.6) is 5.75 Å². The van der Waals surface area contributed by atoms with E-state index < -0.39 is 0 Å². The van der Waals surface area contributed by atoms with E-state index in [4.69, 9.17) is 5.73 Å². The van der Waals surface area contributed by atoms with Crippen LogP contribution in [-0.4, -0.2) is 5.11 Å². The predicted molar refractivity (Wildman–Crippen MR) is 58.3 cm³/mol. The van der Waals surface area contributed by atoms with Crippen LogP contribution in [-0.2, 0) is 0 Å². The Morgan fingerprint density at radius 3 is 2.57 bits per heavy atom. The molecule has 0 atom stereocenters. The number of phenols is 1. The van der Waals surface area contributed by atoms with Crippen LogP contribution < -0.4 is 5.73 Å². The van der Waals surface area contributed by atoms with Gasteiger partial charge in [0.25, 0.3) is 0 Å². The van der Waals surface area contributed by atoms with Gasteiger partial charge in [-0.15, -0.1) is 0 Å². The predicted octanol–water partition coefficient (Wildman–Crippen LogP) is 3.02. The van der Waals surface area contributed by atoms with Crippen molar-refractivity contribution in [3.8, 4) is 5.75 Å². The average molecular weight is 191 g/mol. The first kappa shape index (κ1) is 9.38. The van der Waals surface area contributed by atoms with Gasteiger partial charge in [-0.25, -0.2) is 0 Å². The summed E-state index contributed by atoms with van der Waals surface area (Å²) >= 11 is 0. The second kappa shape index (κ2) is 3.91. The maximum absolute atomic E-state index is 9.82. The Labute approximate surface area is 84.7 Å². The molecular formula is C12H17NO. The molecule has 0 heterocycles. The number of hydrogen-bond acceptors (Lipinski definition) is 2. The Hall–Kier alpha value is -1.18. The molecule has 0 saturated heterocycles. The lowest BCUT2D eigenvalue weighted by Gasteiger charge is -2.23. The fourth-order valence-corrected chi connectivity index (χ4v) is 2.32. The second-order valence-electron chi connectivity index (χ2n) is 4.12. The van der Waals surface area contributed by atoms with Gasteiger partial charge in [-0.05, 0) is 30.4 Å². The first-order valence-corrected chi connectivity index (χ1v) is 5.36. The Kier molecular flexibility index (Phi) is 2.62. The lowest BCUT2D eigenvalue weighted by atomic mass is 9.83. The van der Waals surface area contributed by atoms with Gasteiger partial charge in [0.05, 0.1) is 5.69 Å². The number of anilines is 1. The van der Waals surface area contributed by atoms with Crippen LogP contribution in [0.3, 0.4) is 0 Å². The largest absolute Gasteiger partial charge is 0.505 e. The molecule has 1 fully saturated rings. The molecule has 14 heavy (non-hydrogen) atoms. The lowest BCUT2D eigenvalue weighted by Crippen LogP contribution is -2.05. The van der Waals surface area contributed by atoms with Crippen molar-refractivity contribution in [1.82, 2.24) is 0 Å². The van der Waals surface area contributed by atoms with Crippen LogP contribution in [0.2, 0.25) is 0 Å². The van der Waals surface area contributed by atoms with E-state index in [1.54, 1.807) is 6.07 Å². The summed E-state index contributed by atoms with van der Waals surface area (Å²) in [4.78, 5) is 0. The van der Waals surface area contributed by atoms with Gasteiger partial charge < -0.3 is 10.8 Å². The van der Waals surface area contributed by atoms with Gasteiger partial charge >= 0.3 is 0 Å². The average Bonchev–Trinajstić information content (AvgIpc) is 2.23. The molecule has 1 aliphatic rings. The van der Waals surface area contributed by atoms with E-state index in [2.05, 4.69) is 0 Å². The quantitative estimate of drug-likeness (QED) is 0.529. The maximum atomic E-state index is 9.82. The fourth-order valence-electron chi connectivity index (χ4n) is 2.32. The number of nitrogens with two attached hydrogens (primary N) is 1. The van der Waals surface area contributed by atoms with Gasteiger partial charge in [0.15, 0.2) is 0 Å². The van der Waals surface area contributed by atoms with Crippen LogP contribution >= 0.6 is 0 Å². The summed E-state index contributed by atoms with van der Waals surface area (Å²) in [6.07, 6.45) is 6.27. The number of hydrogen-bond donors (Lipinski definition) is 2. The highest BCUT2D eigenvalue weighted by molar-refractivity contribution is 5.56. The molecule has 0 radical (unpaired) electrons. The van der Waals surface area contributed by atoms with E-state index in [0.29, 0.717) is 17.4 Å². The van der Waals surface area contributed by atoms with Crippen molar-refractivity contribution < 1.29 is 5.11 Å². The molecule has 0 spiro atoms. The molecule has 2 heteroatoms. The van der Waals surface area contributed by atoms with Gasteiger partial charge in [0, 0.05) is 0 Å². The number of aromatic hydroxyl groups is 1. The lowest BCUT2D eigenvalue weighted by molar-refractivity contribution is 0.415. The highest BCUT2D eigenvalue weighted by atomic mass is 16.3. The molecule has 0 unspecified atom stereocenters. The zero-order valence-electron chi connectivity index (χ0n) is 8.37. The summed E-state index contributed by atoms with van der Waals surface area (Å²) in [7, 11) is 0. The molecule has 0 aromatic heterocycles. The standard InChI is InChI=1S/C12H17NO/c13-11-8-4-7-10(12(11)14)9-5-2-1-3-6-9/h4,7-9,14H,1-3,5-6,13H2. The third-order valence-electron chi connectivity index (χ3n) is 3.14. The van der Waals surface area contributed by atoms with E-state index in [0.717, 1.165) is 5.56 Å². The minimum Gasteiger partial charge on any atom is -0.505 e. The maximum Gasteiger partial charge on any atom is 0.141 e. The molecule has 1 aromatic carbocycles. The van der Waals surface area contributed by atoms with Crippen molar-refractivity contribution in [2.45, 2.75) is 38.0 Å². The Morgan fingerprint density at radius 1 is 1.14 bits per heavy atom. The second-order valence-corrected chi connectivity index (χ2v) is 4.12. The molecule has 2 nitrogen and oxygen atoms in total. The summed E-state index contributed by atoms with van der Waals surface area (Å²) in [6.45, 7) is 0. The first-order valence-electron chi connectivity index (χ1n) is 5.36. The molecule has 2 rings (SSSR count). The molecule has 1 aliphatic carbocycles. The zero-order valence-corrected chi connectivity index (χ0v) is 8.37. The molecular weight excluding hydrogens is 174 g/mol. The monoisotopic (exact) mass is 191 g/mol. The van der Waals surface area contributed by atoms with Gasteiger partial charge in [-0.2, -0.15) is 0 Å². The topological polar surface area (TPSA) is 46.2 Å². The minimum absolute atomic E-state index is 0.305. The number of nitrogen functional groups attached to an aromatic ring is 1. The third kappa shape index (κ3) is 1.69. The highest BCUT2D eigenvalue weighted by Gasteiger charge is 2.18. The molecule has 1 aromatic rings. The van der Waals surface area contributed by atoms with Gasteiger partial charge in [0.2, 0.25) is 0 Å². The van der Waals surface area contributed by atoms with Gasteiger partial charge in [-0.3, -0.25) is 0 Å². The van der Waals surface area contributed by atoms with Gasteiger partial charge in [-0.1, -0.05) is 31.4 Å². The Morgan fingerprint density at radius 2 is 1.86 bits per heavy atom. The fraction of sp³-hybridized carbons (Fsp3) is 0.500. The van der Waals surface area contributed by atoms with Gasteiger partial charge in [0.1, 0.15) is 5.75 Å². The normalized spacial score (nSPS) is 18.3. The van der Waals surface area contributed by atoms with Crippen molar-refractivity contribution in [3.05, 3.63) is 23.8 Å². The zero-order chi connectivity index (χ0) is 9.97. The molecule has 76 valence electrons. The summed E-state index contributed by atoms with van der Waals surface area (Å²) in [5.74, 6) is 0.826. The van der Waals surface area contributed by atoms with E-state index in [1.807, 2.05) is 12.1 Å². The van der Waals surface area contributed by atoms with E-state index in [9.17, 15) is 5.11 Å². The molecule has 0 bridgehead atoms. The molecule has 0 amide bonds. The minimum atomic E-state index is 0.305. The number of para-hydroxylation sites is 1. The van der Waals surface area contributed by atoms with Crippen LogP contribution in [0.4, 0.5) is 5.69 Å². The smallest absolute Gasteiger partial charge is 0.141 e. The van der Waals surface area contributed by atoms with E-state index in [-0.39, 0.29) is 0 Å². The van der Waals surface area contributed by atoms with E-state index in [1.165, 1.54) is 32.1 Å². The van der Waals surface area contributed by atoms with E-state index >= 15 is 0 Å². The summed E-state index contributed by atoms with van der Waals surface area (Å²) in [5.41, 5.74) is 7.23. The van der Waals surface area contributed by atoms with Crippen LogP contribution in [0.1, 0.15) is 43.6 Å². The van der Waals surface area contributed by atoms with Crippen LogP contribution in [0.15, 0.2) is 18.2 Å². The Balaban J connectivity index is 2.26. The summed E-state index contributed by atoms with van der Waals surface area (Å²) < 4.78 is 0. The third-order valence-corrected chi connectivity index (χ3v) is 3.14. The number of benzene rings is 1. The van der Waals surface area contributed by atoms with Crippen molar-refractivity contribution in [2.75, 3.05) is 5.73 Å². The molecule has 1 saturated carbocycles. The van der Waals surface area contributed by atoms with Crippen LogP contribution in [0.25, 0.3) is 0 Å².